The zero-order valence-electron chi connectivity index (χ0n) is 13.1. The maximum atomic E-state index is 12.0. The van der Waals surface area contributed by atoms with E-state index in [2.05, 4.69) is 10.4 Å². The molecule has 0 aliphatic carbocycles. The molecule has 0 unspecified atom stereocenters. The fraction of sp³-hybridized carbons (Fsp3) is 0.375. The van der Waals surface area contributed by atoms with Gasteiger partial charge in [-0.2, -0.15) is 5.10 Å². The number of carbonyl (C=O) groups is 1. The van der Waals surface area contributed by atoms with Crippen LogP contribution in [0.2, 0.25) is 0 Å². The van der Waals surface area contributed by atoms with Crippen LogP contribution in [0.1, 0.15) is 26.8 Å². The number of hydrogen-bond acceptors (Lipinski definition) is 4. The smallest absolute Gasteiger partial charge is 0.235 e. The van der Waals surface area contributed by atoms with E-state index in [4.69, 9.17) is 4.74 Å². The van der Waals surface area contributed by atoms with Crippen molar-refractivity contribution in [3.8, 4) is 5.75 Å². The molecule has 0 radical (unpaired) electrons. The number of nitrogens with one attached hydrogen (secondary N) is 1. The maximum Gasteiger partial charge on any atom is 0.235 e. The Bertz CT molecular complexity index is 608. The molecule has 0 saturated heterocycles. The average Bonchev–Trinajstić information content (AvgIpc) is 2.95. The van der Waals surface area contributed by atoms with Crippen LogP contribution in [0.4, 0.5) is 5.82 Å². The number of carbonyl (C=O) groups excluding carboxylic acids is 1. The molecule has 1 heterocycles. The summed E-state index contributed by atoms with van der Waals surface area (Å²) in [4.78, 5) is 13.1. The highest BCUT2D eigenvalue weighted by molar-refractivity contribution is 8.00. The summed E-state index contributed by atoms with van der Waals surface area (Å²) < 4.78 is 7.18. The van der Waals surface area contributed by atoms with Gasteiger partial charge in [0.05, 0.1) is 18.6 Å². The number of amides is 1. The van der Waals surface area contributed by atoms with Crippen molar-refractivity contribution in [2.24, 2.45) is 0 Å². The van der Waals surface area contributed by atoms with Crippen LogP contribution in [0.3, 0.4) is 0 Å². The fourth-order valence-electron chi connectivity index (χ4n) is 1.95. The van der Waals surface area contributed by atoms with Crippen LogP contribution in [0.25, 0.3) is 0 Å². The summed E-state index contributed by atoms with van der Waals surface area (Å²) in [5.41, 5.74) is 0. The van der Waals surface area contributed by atoms with Crippen molar-refractivity contribution < 1.29 is 9.53 Å². The molecule has 2 aromatic rings. The molecule has 1 aromatic carbocycles. The van der Waals surface area contributed by atoms with Gasteiger partial charge in [0.2, 0.25) is 5.91 Å². The Balaban J connectivity index is 1.86. The minimum Gasteiger partial charge on any atom is -0.494 e. The standard InChI is InChI=1S/C16H21N3O2S/c1-4-21-13-5-7-14(8-6-13)22-11-16(20)18-15-9-10-17-19(15)12(2)3/h5-10,12H,4,11H2,1-3H3,(H,18,20). The highest BCUT2D eigenvalue weighted by Gasteiger charge is 2.09. The first-order chi connectivity index (χ1) is 10.6. The number of anilines is 1. The summed E-state index contributed by atoms with van der Waals surface area (Å²) in [6.45, 7) is 6.65. The first kappa shape index (κ1) is 16.4. The van der Waals surface area contributed by atoms with Crippen LogP contribution in [0.15, 0.2) is 41.4 Å². The second-order valence-electron chi connectivity index (χ2n) is 5.00. The number of rotatable bonds is 7. The molecular weight excluding hydrogens is 298 g/mol. The monoisotopic (exact) mass is 319 g/mol. The molecule has 0 saturated carbocycles. The quantitative estimate of drug-likeness (QED) is 0.792. The minimum atomic E-state index is -0.0405. The molecule has 1 N–H and O–H groups in total. The highest BCUT2D eigenvalue weighted by atomic mass is 32.2. The van der Waals surface area contributed by atoms with Crippen LogP contribution < -0.4 is 10.1 Å². The predicted molar refractivity (Wildman–Crippen MR) is 89.6 cm³/mol. The van der Waals surface area contributed by atoms with E-state index < -0.39 is 0 Å². The lowest BCUT2D eigenvalue weighted by molar-refractivity contribution is -0.113. The number of nitrogens with zero attached hydrogens (tertiary/aromatic N) is 2. The van der Waals surface area contributed by atoms with E-state index in [1.54, 1.807) is 16.9 Å². The van der Waals surface area contributed by atoms with Crippen molar-refractivity contribution in [3.63, 3.8) is 0 Å². The Hall–Kier alpha value is -1.95. The van der Waals surface area contributed by atoms with Gasteiger partial charge >= 0.3 is 0 Å². The van der Waals surface area contributed by atoms with E-state index >= 15 is 0 Å². The lowest BCUT2D eigenvalue weighted by Crippen LogP contribution is -2.18. The molecule has 2 rings (SSSR count). The normalized spacial score (nSPS) is 10.7. The molecule has 0 fully saturated rings. The van der Waals surface area contributed by atoms with Crippen molar-refractivity contribution in [2.75, 3.05) is 17.7 Å². The lowest BCUT2D eigenvalue weighted by atomic mass is 10.3. The van der Waals surface area contributed by atoms with Gasteiger partial charge in [-0.15, -0.1) is 11.8 Å². The number of hydrogen-bond donors (Lipinski definition) is 1. The second kappa shape index (κ2) is 7.89. The SMILES string of the molecule is CCOc1ccc(SCC(=O)Nc2ccnn2C(C)C)cc1. The van der Waals surface area contributed by atoms with E-state index in [0.717, 1.165) is 16.5 Å². The van der Waals surface area contributed by atoms with Gasteiger partial charge in [0.25, 0.3) is 0 Å². The van der Waals surface area contributed by atoms with Crippen LogP contribution >= 0.6 is 11.8 Å². The molecule has 22 heavy (non-hydrogen) atoms. The van der Waals surface area contributed by atoms with E-state index in [1.807, 2.05) is 45.0 Å². The van der Waals surface area contributed by atoms with Gasteiger partial charge in [-0.1, -0.05) is 0 Å². The van der Waals surface area contributed by atoms with Gasteiger partial charge in [-0.25, -0.2) is 4.68 Å². The van der Waals surface area contributed by atoms with E-state index in [1.165, 1.54) is 11.8 Å². The van der Waals surface area contributed by atoms with Crippen molar-refractivity contribution in [2.45, 2.75) is 31.7 Å². The number of ether oxygens (including phenoxy) is 1. The molecular formula is C16H21N3O2S. The van der Waals surface area contributed by atoms with E-state index in [9.17, 15) is 4.79 Å². The summed E-state index contributed by atoms with van der Waals surface area (Å²) in [5.74, 6) is 1.89. The Morgan fingerprint density at radius 1 is 1.32 bits per heavy atom. The summed E-state index contributed by atoms with van der Waals surface area (Å²) in [6, 6.07) is 9.76. The van der Waals surface area contributed by atoms with Crippen LogP contribution in [0, 0.1) is 0 Å². The Kier molecular flexibility index (Phi) is 5.89. The van der Waals surface area contributed by atoms with Gasteiger partial charge in [0.1, 0.15) is 11.6 Å². The molecule has 118 valence electrons. The molecule has 0 aliphatic rings. The molecule has 0 bridgehead atoms. The van der Waals surface area contributed by atoms with Crippen LogP contribution in [0.5, 0.6) is 5.75 Å². The van der Waals surface area contributed by atoms with E-state index in [0.29, 0.717) is 12.4 Å². The maximum absolute atomic E-state index is 12.0. The van der Waals surface area contributed by atoms with Gasteiger partial charge in [0, 0.05) is 17.0 Å². The lowest BCUT2D eigenvalue weighted by Gasteiger charge is -2.11. The fourth-order valence-corrected chi connectivity index (χ4v) is 2.65. The summed E-state index contributed by atoms with van der Waals surface area (Å²) in [6.07, 6.45) is 1.69. The molecule has 0 atom stereocenters. The van der Waals surface area contributed by atoms with Crippen molar-refractivity contribution in [1.82, 2.24) is 9.78 Å². The Morgan fingerprint density at radius 2 is 2.05 bits per heavy atom. The first-order valence-corrected chi connectivity index (χ1v) is 8.27. The van der Waals surface area contributed by atoms with Crippen molar-refractivity contribution in [1.29, 1.82) is 0 Å². The largest absolute Gasteiger partial charge is 0.494 e. The zero-order valence-corrected chi connectivity index (χ0v) is 13.9. The zero-order chi connectivity index (χ0) is 15.9. The first-order valence-electron chi connectivity index (χ1n) is 7.29. The molecule has 0 spiro atoms. The van der Waals surface area contributed by atoms with Gasteiger partial charge in [-0.3, -0.25) is 4.79 Å². The molecule has 5 nitrogen and oxygen atoms in total. The van der Waals surface area contributed by atoms with E-state index in [-0.39, 0.29) is 11.9 Å². The molecule has 0 aliphatic heterocycles. The number of benzene rings is 1. The Morgan fingerprint density at radius 3 is 2.68 bits per heavy atom. The van der Waals surface area contributed by atoms with Gasteiger partial charge < -0.3 is 10.1 Å². The number of thioether (sulfide) groups is 1. The van der Waals surface area contributed by atoms with Crippen molar-refractivity contribution >= 4 is 23.5 Å². The topological polar surface area (TPSA) is 56.1 Å². The highest BCUT2D eigenvalue weighted by Crippen LogP contribution is 2.22. The second-order valence-corrected chi connectivity index (χ2v) is 6.04. The summed E-state index contributed by atoms with van der Waals surface area (Å²) in [7, 11) is 0. The van der Waals surface area contributed by atoms with Crippen LogP contribution in [-0.4, -0.2) is 28.0 Å². The number of aromatic nitrogens is 2. The molecule has 6 heteroatoms. The van der Waals surface area contributed by atoms with Gasteiger partial charge in [-0.05, 0) is 45.0 Å². The predicted octanol–water partition coefficient (Wildman–Crippen LogP) is 3.59. The average molecular weight is 319 g/mol. The van der Waals surface area contributed by atoms with Gasteiger partial charge in [0.15, 0.2) is 0 Å². The third kappa shape index (κ3) is 4.53. The summed E-state index contributed by atoms with van der Waals surface area (Å²) >= 11 is 1.49. The summed E-state index contributed by atoms with van der Waals surface area (Å²) in [5, 5.41) is 7.09. The third-order valence-corrected chi connectivity index (χ3v) is 3.94. The van der Waals surface area contributed by atoms with Crippen molar-refractivity contribution in [3.05, 3.63) is 36.5 Å². The minimum absolute atomic E-state index is 0.0405. The molecule has 1 amide bonds. The third-order valence-electron chi connectivity index (χ3n) is 2.93. The molecule has 1 aromatic heterocycles. The Labute approximate surface area is 135 Å². The van der Waals surface area contributed by atoms with Crippen LogP contribution in [-0.2, 0) is 4.79 Å².